The van der Waals surface area contributed by atoms with Crippen LogP contribution < -0.4 is 14.8 Å². The lowest BCUT2D eigenvalue weighted by Crippen LogP contribution is -2.26. The molecule has 1 fully saturated rings. The summed E-state index contributed by atoms with van der Waals surface area (Å²) in [6.07, 6.45) is 1.56. The van der Waals surface area contributed by atoms with Gasteiger partial charge in [0.1, 0.15) is 17.1 Å². The molecule has 19 heavy (non-hydrogen) atoms. The van der Waals surface area contributed by atoms with E-state index >= 15 is 0 Å². The molecule has 7 heteroatoms. The number of rotatable bonds is 5. The van der Waals surface area contributed by atoms with Crippen molar-refractivity contribution in [1.82, 2.24) is 5.32 Å². The van der Waals surface area contributed by atoms with Crippen molar-refractivity contribution in [3.8, 4) is 11.5 Å². The van der Waals surface area contributed by atoms with Crippen LogP contribution in [-0.2, 0) is 0 Å². The Bertz CT molecular complexity index is 579. The number of methoxy groups -OCH3 is 1. The Balaban J connectivity index is 2.43. The van der Waals surface area contributed by atoms with E-state index in [1.807, 2.05) is 0 Å². The highest BCUT2D eigenvalue weighted by Gasteiger charge is 2.28. The molecule has 1 aliphatic carbocycles. The fourth-order valence-corrected chi connectivity index (χ4v) is 1.95. The minimum atomic E-state index is -3.16. The van der Waals surface area contributed by atoms with Crippen LogP contribution in [-0.4, -0.2) is 25.6 Å². The molecule has 0 aliphatic heterocycles. The van der Waals surface area contributed by atoms with E-state index in [0.29, 0.717) is 0 Å². The molecule has 0 spiro atoms. The number of halogens is 3. The van der Waals surface area contributed by atoms with E-state index in [0.717, 1.165) is 18.9 Å². The highest BCUT2D eigenvalue weighted by Crippen LogP contribution is 2.34. The lowest BCUT2D eigenvalue weighted by Gasteiger charge is -2.14. The number of carbonyl (C=O) groups is 1. The number of nitrogens with one attached hydrogen (secondary N) is 1. The van der Waals surface area contributed by atoms with E-state index in [9.17, 15) is 13.6 Å². The fraction of sp³-hybridized carbons (Fsp3) is 0.417. The van der Waals surface area contributed by atoms with Crippen LogP contribution in [0.3, 0.4) is 0 Å². The number of hydrogen-bond acceptors (Lipinski definition) is 3. The number of amides is 1. The van der Waals surface area contributed by atoms with Gasteiger partial charge in [-0.2, -0.15) is 8.78 Å². The maximum absolute atomic E-state index is 12.5. The quantitative estimate of drug-likeness (QED) is 0.897. The molecule has 0 heterocycles. The van der Waals surface area contributed by atoms with Crippen molar-refractivity contribution >= 4 is 21.8 Å². The van der Waals surface area contributed by atoms with Gasteiger partial charge in [-0.1, -0.05) is 15.9 Å². The van der Waals surface area contributed by atoms with E-state index < -0.39 is 25.3 Å². The SMILES string of the molecule is [2H]C([2H])([2H])Oc1cc(Br)cc(OC(F)F)c1C(=O)NC1CC1. The van der Waals surface area contributed by atoms with Gasteiger partial charge < -0.3 is 14.8 Å². The average molecular weight is 339 g/mol. The Kier molecular flexibility index (Phi) is 3.14. The molecule has 1 amide bonds. The Hall–Kier alpha value is -1.37. The third-order valence-corrected chi connectivity index (χ3v) is 2.95. The summed E-state index contributed by atoms with van der Waals surface area (Å²) in [5, 5.41) is 2.59. The van der Waals surface area contributed by atoms with Crippen molar-refractivity contribution in [1.29, 1.82) is 0 Å². The Morgan fingerprint density at radius 3 is 2.79 bits per heavy atom. The molecular weight excluding hydrogens is 324 g/mol. The highest BCUT2D eigenvalue weighted by atomic mass is 79.9. The second kappa shape index (κ2) is 5.73. The predicted octanol–water partition coefficient (Wildman–Crippen LogP) is 2.95. The molecule has 0 atom stereocenters. The monoisotopic (exact) mass is 338 g/mol. The molecule has 0 saturated heterocycles. The number of benzene rings is 1. The molecule has 104 valence electrons. The molecule has 1 aromatic carbocycles. The molecular formula is C12H12BrF2NO3. The Labute approximate surface area is 121 Å². The molecule has 4 nitrogen and oxygen atoms in total. The predicted molar refractivity (Wildman–Crippen MR) is 67.8 cm³/mol. The number of alkyl halides is 2. The van der Waals surface area contributed by atoms with Gasteiger partial charge in [0.2, 0.25) is 0 Å². The van der Waals surface area contributed by atoms with Crippen LogP contribution in [0.2, 0.25) is 0 Å². The van der Waals surface area contributed by atoms with E-state index in [1.165, 1.54) is 6.07 Å². The lowest BCUT2D eigenvalue weighted by atomic mass is 10.1. The minimum absolute atomic E-state index is 0.0452. The summed E-state index contributed by atoms with van der Waals surface area (Å²) in [7, 11) is -2.84. The van der Waals surface area contributed by atoms with Crippen molar-refractivity contribution in [2.24, 2.45) is 0 Å². The van der Waals surface area contributed by atoms with Gasteiger partial charge in [-0.05, 0) is 25.0 Å². The van der Waals surface area contributed by atoms with Crippen LogP contribution in [0.4, 0.5) is 8.78 Å². The van der Waals surface area contributed by atoms with Crippen molar-refractivity contribution in [3.05, 3.63) is 22.2 Å². The molecule has 0 unspecified atom stereocenters. The largest absolute Gasteiger partial charge is 0.496 e. The van der Waals surface area contributed by atoms with Crippen LogP contribution in [0.5, 0.6) is 11.5 Å². The van der Waals surface area contributed by atoms with Gasteiger partial charge in [-0.3, -0.25) is 4.79 Å². The summed E-state index contributed by atoms with van der Waals surface area (Å²) < 4.78 is 55.7. The first-order valence-electron chi connectivity index (χ1n) is 6.94. The maximum Gasteiger partial charge on any atom is 0.387 e. The topological polar surface area (TPSA) is 47.6 Å². The van der Waals surface area contributed by atoms with Crippen LogP contribution in [0, 0.1) is 0 Å². The molecule has 1 aromatic rings. The van der Waals surface area contributed by atoms with Crippen LogP contribution in [0.1, 0.15) is 27.3 Å². The molecule has 0 radical (unpaired) electrons. The van der Waals surface area contributed by atoms with Crippen molar-refractivity contribution in [2.75, 3.05) is 7.04 Å². The van der Waals surface area contributed by atoms with Crippen molar-refractivity contribution in [2.45, 2.75) is 25.5 Å². The molecule has 2 rings (SSSR count). The fourth-order valence-electron chi connectivity index (χ4n) is 1.54. The van der Waals surface area contributed by atoms with E-state index in [1.54, 1.807) is 0 Å². The highest BCUT2D eigenvalue weighted by molar-refractivity contribution is 9.10. The summed E-state index contributed by atoms with van der Waals surface area (Å²) in [5.74, 6) is -1.53. The van der Waals surface area contributed by atoms with Crippen molar-refractivity contribution < 1.29 is 27.2 Å². The number of carbonyl (C=O) groups excluding carboxylic acids is 1. The zero-order valence-electron chi connectivity index (χ0n) is 12.6. The summed E-state index contributed by atoms with van der Waals surface area (Å²) >= 11 is 3.04. The van der Waals surface area contributed by atoms with Crippen LogP contribution in [0.15, 0.2) is 16.6 Å². The van der Waals surface area contributed by atoms with Gasteiger partial charge in [0.25, 0.3) is 5.91 Å². The molecule has 0 aromatic heterocycles. The smallest absolute Gasteiger partial charge is 0.387 e. The van der Waals surface area contributed by atoms with E-state index in [4.69, 9.17) is 8.85 Å². The lowest BCUT2D eigenvalue weighted by molar-refractivity contribution is -0.0503. The summed E-state index contributed by atoms with van der Waals surface area (Å²) in [4.78, 5) is 12.2. The second-order valence-electron chi connectivity index (χ2n) is 4.01. The standard InChI is InChI=1S/C12H12BrF2NO3/c1-18-8-4-6(13)5-9(19-12(14)15)10(8)11(17)16-7-2-3-7/h4-5,7,12H,2-3H2,1H3,(H,16,17)/i1D3. The molecule has 1 N–H and O–H groups in total. The summed E-state index contributed by atoms with van der Waals surface area (Å²) in [6, 6.07) is 2.32. The van der Waals surface area contributed by atoms with E-state index in [2.05, 4.69) is 26.0 Å². The van der Waals surface area contributed by atoms with Crippen LogP contribution >= 0.6 is 15.9 Å². The Morgan fingerprint density at radius 2 is 2.21 bits per heavy atom. The normalized spacial score (nSPS) is 17.4. The van der Waals surface area contributed by atoms with Gasteiger partial charge in [-0.25, -0.2) is 0 Å². The first kappa shape index (κ1) is 10.4. The first-order valence-corrected chi connectivity index (χ1v) is 6.23. The molecule has 1 aliphatic rings. The summed E-state index contributed by atoms with van der Waals surface area (Å²) in [6.45, 7) is -3.16. The number of hydrogen-bond donors (Lipinski definition) is 1. The van der Waals surface area contributed by atoms with Gasteiger partial charge in [0.05, 0.1) is 11.2 Å². The number of ether oxygens (including phenoxy) is 2. The molecule has 1 saturated carbocycles. The van der Waals surface area contributed by atoms with Gasteiger partial charge >= 0.3 is 6.61 Å². The zero-order valence-corrected chi connectivity index (χ0v) is 11.2. The summed E-state index contributed by atoms with van der Waals surface area (Å²) in [5.41, 5.74) is -0.369. The molecule has 0 bridgehead atoms. The second-order valence-corrected chi connectivity index (χ2v) is 4.92. The van der Waals surface area contributed by atoms with Crippen molar-refractivity contribution in [3.63, 3.8) is 0 Å². The average Bonchev–Trinajstić information content (AvgIpc) is 3.08. The maximum atomic E-state index is 12.5. The minimum Gasteiger partial charge on any atom is -0.496 e. The zero-order chi connectivity index (χ0) is 16.5. The van der Waals surface area contributed by atoms with Gasteiger partial charge in [0.15, 0.2) is 0 Å². The third kappa shape index (κ3) is 3.56. The van der Waals surface area contributed by atoms with Gasteiger partial charge in [-0.15, -0.1) is 0 Å². The first-order chi connectivity index (χ1) is 10.2. The van der Waals surface area contributed by atoms with E-state index in [-0.39, 0.29) is 21.8 Å². The Morgan fingerprint density at radius 1 is 1.53 bits per heavy atom. The van der Waals surface area contributed by atoms with Crippen LogP contribution in [0.25, 0.3) is 0 Å². The third-order valence-electron chi connectivity index (χ3n) is 2.50. The van der Waals surface area contributed by atoms with Gasteiger partial charge in [0, 0.05) is 10.5 Å².